The topological polar surface area (TPSA) is 83.6 Å². The fourth-order valence-corrected chi connectivity index (χ4v) is 2.51. The molecule has 5 nitrogen and oxygen atoms in total. The van der Waals surface area contributed by atoms with E-state index in [0.717, 1.165) is 19.3 Å². The second-order valence-corrected chi connectivity index (χ2v) is 5.10. The summed E-state index contributed by atoms with van der Waals surface area (Å²) in [5, 5.41) is 8.97. The largest absolute Gasteiger partial charge is 0.481 e. The predicted molar refractivity (Wildman–Crippen MR) is 69.1 cm³/mol. The summed E-state index contributed by atoms with van der Waals surface area (Å²) in [5.74, 6) is -0.874. The zero-order chi connectivity index (χ0) is 13.5. The Balaban J connectivity index is 2.34. The van der Waals surface area contributed by atoms with Gasteiger partial charge in [0.05, 0.1) is 5.92 Å². The van der Waals surface area contributed by atoms with Crippen LogP contribution in [0.25, 0.3) is 0 Å². The molecule has 0 aromatic rings. The fourth-order valence-electron chi connectivity index (χ4n) is 2.51. The van der Waals surface area contributed by atoms with Gasteiger partial charge in [-0.05, 0) is 39.2 Å². The maximum absolute atomic E-state index is 12.0. The highest BCUT2D eigenvalue weighted by Crippen LogP contribution is 2.23. The van der Waals surface area contributed by atoms with Crippen molar-refractivity contribution in [3.63, 3.8) is 0 Å². The summed E-state index contributed by atoms with van der Waals surface area (Å²) in [6.07, 6.45) is 4.54. The van der Waals surface area contributed by atoms with Crippen molar-refractivity contribution in [1.82, 2.24) is 4.90 Å². The summed E-state index contributed by atoms with van der Waals surface area (Å²) in [5.41, 5.74) is 5.40. The van der Waals surface area contributed by atoms with E-state index < -0.39 is 5.97 Å². The van der Waals surface area contributed by atoms with Crippen LogP contribution in [0, 0.1) is 5.92 Å². The molecule has 1 rings (SSSR count). The van der Waals surface area contributed by atoms with Crippen LogP contribution in [0.2, 0.25) is 0 Å². The third-order valence-electron chi connectivity index (χ3n) is 3.64. The normalized spacial score (nSPS) is 24.0. The molecule has 1 fully saturated rings. The number of amides is 1. The Morgan fingerprint density at radius 3 is 2.61 bits per heavy atom. The van der Waals surface area contributed by atoms with Gasteiger partial charge in [0, 0.05) is 19.0 Å². The van der Waals surface area contributed by atoms with E-state index >= 15 is 0 Å². The van der Waals surface area contributed by atoms with Crippen LogP contribution in [0.4, 0.5) is 0 Å². The molecule has 0 aliphatic carbocycles. The number of unbranched alkanes of at least 4 members (excludes halogenated alkanes) is 2. The van der Waals surface area contributed by atoms with E-state index in [1.54, 1.807) is 0 Å². The lowest BCUT2D eigenvalue weighted by atomic mass is 9.91. The van der Waals surface area contributed by atoms with Crippen LogP contribution in [0.15, 0.2) is 0 Å². The molecule has 1 amide bonds. The smallest absolute Gasteiger partial charge is 0.306 e. The molecule has 18 heavy (non-hydrogen) atoms. The maximum Gasteiger partial charge on any atom is 0.306 e. The van der Waals surface area contributed by atoms with Crippen molar-refractivity contribution in [2.75, 3.05) is 13.1 Å². The van der Waals surface area contributed by atoms with Gasteiger partial charge in [-0.25, -0.2) is 0 Å². The summed E-state index contributed by atoms with van der Waals surface area (Å²) >= 11 is 0. The van der Waals surface area contributed by atoms with E-state index in [1.165, 1.54) is 0 Å². The first-order valence-corrected chi connectivity index (χ1v) is 6.78. The van der Waals surface area contributed by atoms with Crippen molar-refractivity contribution in [1.29, 1.82) is 0 Å². The quantitative estimate of drug-likeness (QED) is 0.700. The predicted octanol–water partition coefficient (Wildman–Crippen LogP) is 1.22. The summed E-state index contributed by atoms with van der Waals surface area (Å²) in [6.45, 7) is 3.19. The second kappa shape index (κ2) is 7.36. The molecule has 104 valence electrons. The standard InChI is InChI=1S/C13H24N2O3/c1-10-9-11(13(17)18)6-8-15(10)12(16)5-3-2-4-7-14/h10-11H,2-9,14H2,1H3,(H,17,18). The van der Waals surface area contributed by atoms with Gasteiger partial charge in [0.25, 0.3) is 0 Å². The lowest BCUT2D eigenvalue weighted by Gasteiger charge is -2.36. The van der Waals surface area contributed by atoms with Gasteiger partial charge in [0.1, 0.15) is 0 Å². The minimum Gasteiger partial charge on any atom is -0.481 e. The van der Waals surface area contributed by atoms with E-state index in [0.29, 0.717) is 32.4 Å². The highest BCUT2D eigenvalue weighted by atomic mass is 16.4. The minimum absolute atomic E-state index is 0.0434. The highest BCUT2D eigenvalue weighted by Gasteiger charge is 2.31. The molecule has 1 aliphatic rings. The van der Waals surface area contributed by atoms with Crippen LogP contribution in [-0.4, -0.2) is 41.0 Å². The van der Waals surface area contributed by atoms with Crippen molar-refractivity contribution in [2.24, 2.45) is 11.7 Å². The van der Waals surface area contributed by atoms with Crippen LogP contribution in [0.5, 0.6) is 0 Å². The number of piperidine rings is 1. The number of hydrogen-bond acceptors (Lipinski definition) is 3. The summed E-state index contributed by atoms with van der Waals surface area (Å²) in [6, 6.07) is 0.0434. The van der Waals surface area contributed by atoms with E-state index in [-0.39, 0.29) is 17.9 Å². The van der Waals surface area contributed by atoms with Gasteiger partial charge in [-0.1, -0.05) is 6.42 Å². The molecule has 1 saturated heterocycles. The molecular formula is C13H24N2O3. The van der Waals surface area contributed by atoms with Crippen molar-refractivity contribution in [3.8, 4) is 0 Å². The van der Waals surface area contributed by atoms with Crippen LogP contribution >= 0.6 is 0 Å². The molecule has 0 spiro atoms. The first-order chi connectivity index (χ1) is 8.56. The monoisotopic (exact) mass is 256 g/mol. The van der Waals surface area contributed by atoms with Gasteiger partial charge in [-0.15, -0.1) is 0 Å². The highest BCUT2D eigenvalue weighted by molar-refractivity contribution is 5.77. The molecule has 0 aromatic carbocycles. The van der Waals surface area contributed by atoms with E-state index in [9.17, 15) is 9.59 Å². The molecule has 1 aliphatic heterocycles. The van der Waals surface area contributed by atoms with Crippen LogP contribution in [0.3, 0.4) is 0 Å². The third-order valence-corrected chi connectivity index (χ3v) is 3.64. The Labute approximate surface area is 108 Å². The molecule has 0 radical (unpaired) electrons. The Morgan fingerprint density at radius 1 is 1.33 bits per heavy atom. The van der Waals surface area contributed by atoms with E-state index in [1.807, 2.05) is 11.8 Å². The molecule has 0 bridgehead atoms. The first-order valence-electron chi connectivity index (χ1n) is 6.78. The Kier molecular flexibility index (Phi) is 6.12. The number of rotatable bonds is 6. The zero-order valence-electron chi connectivity index (χ0n) is 11.1. The van der Waals surface area contributed by atoms with Gasteiger partial charge < -0.3 is 15.7 Å². The average molecular weight is 256 g/mol. The molecule has 0 aromatic heterocycles. The molecule has 1 heterocycles. The number of nitrogens with zero attached hydrogens (tertiary/aromatic N) is 1. The summed E-state index contributed by atoms with van der Waals surface area (Å²) in [7, 11) is 0. The Hall–Kier alpha value is -1.10. The molecule has 3 N–H and O–H groups in total. The summed E-state index contributed by atoms with van der Waals surface area (Å²) < 4.78 is 0. The number of carbonyl (C=O) groups excluding carboxylic acids is 1. The number of carboxylic acid groups (broad SMARTS) is 1. The molecule has 2 atom stereocenters. The molecule has 0 saturated carbocycles. The van der Waals surface area contributed by atoms with E-state index in [2.05, 4.69) is 0 Å². The van der Waals surface area contributed by atoms with Crippen molar-refractivity contribution in [3.05, 3.63) is 0 Å². The Morgan fingerprint density at radius 2 is 2.06 bits per heavy atom. The number of carboxylic acids is 1. The number of nitrogens with two attached hydrogens (primary N) is 1. The SMILES string of the molecule is CC1CC(C(=O)O)CCN1C(=O)CCCCCN. The Bertz CT molecular complexity index is 294. The maximum atomic E-state index is 12.0. The second-order valence-electron chi connectivity index (χ2n) is 5.10. The fraction of sp³-hybridized carbons (Fsp3) is 0.846. The van der Waals surface area contributed by atoms with Crippen LogP contribution in [0.1, 0.15) is 45.4 Å². The van der Waals surface area contributed by atoms with E-state index in [4.69, 9.17) is 10.8 Å². The minimum atomic E-state index is -0.739. The number of carbonyl (C=O) groups is 2. The average Bonchev–Trinajstić information content (AvgIpc) is 2.34. The molecule has 5 heteroatoms. The lowest BCUT2D eigenvalue weighted by Crippen LogP contribution is -2.46. The third kappa shape index (κ3) is 4.29. The van der Waals surface area contributed by atoms with Gasteiger partial charge in [-0.3, -0.25) is 9.59 Å². The lowest BCUT2D eigenvalue weighted by molar-refractivity contribution is -0.147. The van der Waals surface area contributed by atoms with Crippen molar-refractivity contribution < 1.29 is 14.7 Å². The molecular weight excluding hydrogens is 232 g/mol. The van der Waals surface area contributed by atoms with Crippen molar-refractivity contribution >= 4 is 11.9 Å². The summed E-state index contributed by atoms with van der Waals surface area (Å²) in [4.78, 5) is 24.7. The number of likely N-dealkylation sites (tertiary alicyclic amines) is 1. The van der Waals surface area contributed by atoms with Gasteiger partial charge >= 0.3 is 5.97 Å². The molecule has 2 unspecified atom stereocenters. The van der Waals surface area contributed by atoms with Gasteiger partial charge in [0.2, 0.25) is 5.91 Å². The van der Waals surface area contributed by atoms with Crippen LogP contribution < -0.4 is 5.73 Å². The first kappa shape index (κ1) is 15.0. The van der Waals surface area contributed by atoms with Gasteiger partial charge in [-0.2, -0.15) is 0 Å². The zero-order valence-corrected chi connectivity index (χ0v) is 11.1. The van der Waals surface area contributed by atoms with Crippen LogP contribution in [-0.2, 0) is 9.59 Å². The van der Waals surface area contributed by atoms with Gasteiger partial charge in [0.15, 0.2) is 0 Å². The number of hydrogen-bond donors (Lipinski definition) is 2. The van der Waals surface area contributed by atoms with Crippen molar-refractivity contribution in [2.45, 2.75) is 51.5 Å². The number of aliphatic carboxylic acids is 1.